The smallest absolute Gasteiger partial charge is 0.410 e. The summed E-state index contributed by atoms with van der Waals surface area (Å²) in [5, 5.41) is 6.50. The van der Waals surface area contributed by atoms with E-state index in [2.05, 4.69) is 15.6 Å². The van der Waals surface area contributed by atoms with Crippen LogP contribution in [0, 0.1) is 5.92 Å². The quantitative estimate of drug-likeness (QED) is 0.363. The van der Waals surface area contributed by atoms with E-state index in [0.29, 0.717) is 19.6 Å². The SMILES string of the molecule is CCNC(=NCC1CC1)NCCN(CC)C(=O)OC(C)(C)C.I. The Kier molecular flexibility index (Phi) is 10.6. The Balaban J connectivity index is 0.00000484. The summed E-state index contributed by atoms with van der Waals surface area (Å²) < 4.78 is 5.40. The highest BCUT2D eigenvalue weighted by molar-refractivity contribution is 14.0. The van der Waals surface area contributed by atoms with Crippen LogP contribution < -0.4 is 10.6 Å². The van der Waals surface area contributed by atoms with E-state index in [4.69, 9.17) is 4.74 Å². The van der Waals surface area contributed by atoms with Crippen LogP contribution in [0.5, 0.6) is 0 Å². The lowest BCUT2D eigenvalue weighted by molar-refractivity contribution is 0.0264. The monoisotopic (exact) mass is 440 g/mol. The molecule has 0 bridgehead atoms. The third-order valence-corrected chi connectivity index (χ3v) is 3.26. The summed E-state index contributed by atoms with van der Waals surface area (Å²) in [6.07, 6.45) is 2.33. The number of hydrogen-bond donors (Lipinski definition) is 2. The molecule has 1 fully saturated rings. The van der Waals surface area contributed by atoms with Crippen molar-refractivity contribution in [3.63, 3.8) is 0 Å². The second kappa shape index (κ2) is 10.9. The number of halogens is 1. The van der Waals surface area contributed by atoms with Crippen LogP contribution in [0.25, 0.3) is 0 Å². The van der Waals surface area contributed by atoms with E-state index >= 15 is 0 Å². The molecule has 1 aliphatic rings. The van der Waals surface area contributed by atoms with E-state index in [9.17, 15) is 4.79 Å². The number of nitrogens with one attached hydrogen (secondary N) is 2. The van der Waals surface area contributed by atoms with Gasteiger partial charge in [-0.15, -0.1) is 24.0 Å². The van der Waals surface area contributed by atoms with E-state index in [1.54, 1.807) is 4.90 Å². The molecule has 6 nitrogen and oxygen atoms in total. The molecular weight excluding hydrogens is 407 g/mol. The van der Waals surface area contributed by atoms with Crippen molar-refractivity contribution in [3.05, 3.63) is 0 Å². The van der Waals surface area contributed by atoms with E-state index in [-0.39, 0.29) is 30.1 Å². The molecule has 0 spiro atoms. The number of carbonyl (C=O) groups is 1. The molecule has 0 heterocycles. The molecule has 0 aromatic carbocycles. The van der Waals surface area contributed by atoms with Crippen molar-refractivity contribution in [2.24, 2.45) is 10.9 Å². The summed E-state index contributed by atoms with van der Waals surface area (Å²) >= 11 is 0. The molecule has 0 aromatic heterocycles. The van der Waals surface area contributed by atoms with Crippen LogP contribution in [0.2, 0.25) is 0 Å². The predicted molar refractivity (Wildman–Crippen MR) is 106 cm³/mol. The minimum Gasteiger partial charge on any atom is -0.444 e. The van der Waals surface area contributed by atoms with Crippen molar-refractivity contribution in [2.45, 2.75) is 53.1 Å². The van der Waals surface area contributed by atoms with Gasteiger partial charge in [-0.3, -0.25) is 4.99 Å². The van der Waals surface area contributed by atoms with Gasteiger partial charge in [0, 0.05) is 32.7 Å². The van der Waals surface area contributed by atoms with Crippen molar-refractivity contribution in [1.29, 1.82) is 0 Å². The van der Waals surface area contributed by atoms with E-state index in [0.717, 1.165) is 25.0 Å². The van der Waals surface area contributed by atoms with Gasteiger partial charge in [0.25, 0.3) is 0 Å². The highest BCUT2D eigenvalue weighted by atomic mass is 127. The molecule has 0 aromatic rings. The largest absolute Gasteiger partial charge is 0.444 e. The summed E-state index contributed by atoms with van der Waals surface area (Å²) in [5.41, 5.74) is -0.460. The second-order valence-electron chi connectivity index (χ2n) is 6.65. The highest BCUT2D eigenvalue weighted by Gasteiger charge is 2.21. The molecule has 0 radical (unpaired) electrons. The van der Waals surface area contributed by atoms with Crippen molar-refractivity contribution >= 4 is 36.0 Å². The molecule has 1 saturated carbocycles. The maximum absolute atomic E-state index is 12.0. The lowest BCUT2D eigenvalue weighted by Crippen LogP contribution is -2.44. The number of aliphatic imine (C=N–C) groups is 1. The highest BCUT2D eigenvalue weighted by Crippen LogP contribution is 2.28. The van der Waals surface area contributed by atoms with Gasteiger partial charge in [0.15, 0.2) is 5.96 Å². The lowest BCUT2D eigenvalue weighted by Gasteiger charge is -2.26. The first kappa shape index (κ1) is 22.3. The third kappa shape index (κ3) is 10.6. The van der Waals surface area contributed by atoms with Crippen LogP contribution in [0.15, 0.2) is 4.99 Å². The Hall–Kier alpha value is -0.730. The molecule has 7 heteroatoms. The van der Waals surface area contributed by atoms with Crippen molar-refractivity contribution < 1.29 is 9.53 Å². The van der Waals surface area contributed by atoms with Gasteiger partial charge in [0.2, 0.25) is 0 Å². The molecular formula is C16H33IN4O2. The molecule has 0 saturated heterocycles. The van der Waals surface area contributed by atoms with Gasteiger partial charge in [0.05, 0.1) is 0 Å². The fourth-order valence-electron chi connectivity index (χ4n) is 1.88. The topological polar surface area (TPSA) is 66.0 Å². The number of ether oxygens (including phenoxy) is 1. The molecule has 1 aliphatic carbocycles. The van der Waals surface area contributed by atoms with Gasteiger partial charge >= 0.3 is 6.09 Å². The zero-order valence-corrected chi connectivity index (χ0v) is 17.5. The molecule has 0 aliphatic heterocycles. The summed E-state index contributed by atoms with van der Waals surface area (Å²) in [6.45, 7) is 13.2. The van der Waals surface area contributed by atoms with Gasteiger partial charge in [0.1, 0.15) is 5.60 Å². The molecule has 0 unspecified atom stereocenters. The van der Waals surface area contributed by atoms with Crippen LogP contribution in [0.3, 0.4) is 0 Å². The van der Waals surface area contributed by atoms with Gasteiger partial charge in [-0.25, -0.2) is 4.79 Å². The van der Waals surface area contributed by atoms with E-state index in [1.807, 2.05) is 34.6 Å². The summed E-state index contributed by atoms with van der Waals surface area (Å²) in [5.74, 6) is 1.60. The predicted octanol–water partition coefficient (Wildman–Crippen LogP) is 2.83. The average Bonchev–Trinajstić information content (AvgIpc) is 3.22. The maximum atomic E-state index is 12.0. The Labute approximate surface area is 157 Å². The van der Waals surface area contributed by atoms with Gasteiger partial charge in [-0.05, 0) is 53.4 Å². The number of hydrogen-bond acceptors (Lipinski definition) is 3. The third-order valence-electron chi connectivity index (χ3n) is 3.26. The Bertz CT molecular complexity index is 379. The summed E-state index contributed by atoms with van der Waals surface area (Å²) in [6, 6.07) is 0. The number of carbonyl (C=O) groups excluding carboxylic acids is 1. The molecule has 23 heavy (non-hydrogen) atoms. The zero-order valence-electron chi connectivity index (χ0n) is 15.1. The van der Waals surface area contributed by atoms with Crippen LogP contribution in [-0.4, -0.2) is 55.3 Å². The Morgan fingerprint density at radius 2 is 1.91 bits per heavy atom. The van der Waals surface area contributed by atoms with Crippen LogP contribution >= 0.6 is 24.0 Å². The minimum absolute atomic E-state index is 0. The second-order valence-corrected chi connectivity index (χ2v) is 6.65. The van der Waals surface area contributed by atoms with Gasteiger partial charge in [-0.1, -0.05) is 0 Å². The van der Waals surface area contributed by atoms with Gasteiger partial charge in [-0.2, -0.15) is 0 Å². The van der Waals surface area contributed by atoms with Crippen molar-refractivity contribution in [3.8, 4) is 0 Å². The molecule has 2 N–H and O–H groups in total. The lowest BCUT2D eigenvalue weighted by atomic mass is 10.2. The molecule has 1 rings (SSSR count). The molecule has 136 valence electrons. The molecule has 0 atom stereocenters. The first-order valence-corrected chi connectivity index (χ1v) is 8.35. The first-order valence-electron chi connectivity index (χ1n) is 8.35. The fourth-order valence-corrected chi connectivity index (χ4v) is 1.88. The van der Waals surface area contributed by atoms with E-state index < -0.39 is 5.60 Å². The number of nitrogens with zero attached hydrogens (tertiary/aromatic N) is 2. The van der Waals surface area contributed by atoms with Crippen LogP contribution in [0.1, 0.15) is 47.5 Å². The Morgan fingerprint density at radius 3 is 2.39 bits per heavy atom. The van der Waals surface area contributed by atoms with E-state index in [1.165, 1.54) is 12.8 Å². The average molecular weight is 440 g/mol. The molecule has 1 amide bonds. The number of rotatable bonds is 7. The van der Waals surface area contributed by atoms with Crippen molar-refractivity contribution in [1.82, 2.24) is 15.5 Å². The zero-order chi connectivity index (χ0) is 16.6. The summed E-state index contributed by atoms with van der Waals surface area (Å²) in [4.78, 5) is 18.3. The fraction of sp³-hybridized carbons (Fsp3) is 0.875. The maximum Gasteiger partial charge on any atom is 0.410 e. The van der Waals surface area contributed by atoms with Crippen LogP contribution in [0.4, 0.5) is 4.79 Å². The number of amides is 1. The number of likely N-dealkylation sites (N-methyl/N-ethyl adjacent to an activating group) is 1. The minimum atomic E-state index is -0.460. The number of guanidine groups is 1. The van der Waals surface area contributed by atoms with Crippen LogP contribution in [-0.2, 0) is 4.74 Å². The van der Waals surface area contributed by atoms with Gasteiger partial charge < -0.3 is 20.3 Å². The summed E-state index contributed by atoms with van der Waals surface area (Å²) in [7, 11) is 0. The Morgan fingerprint density at radius 1 is 1.26 bits per heavy atom. The normalized spacial score (nSPS) is 14.7. The first-order chi connectivity index (χ1) is 10.4. The van der Waals surface area contributed by atoms with Crippen molar-refractivity contribution in [2.75, 3.05) is 32.7 Å². The standard InChI is InChI=1S/C16H32N4O2.HI/c1-6-17-14(19-12-13-8-9-13)18-10-11-20(7-2)15(21)22-16(3,4)5;/h13H,6-12H2,1-5H3,(H2,17,18,19);1H.